The lowest BCUT2D eigenvalue weighted by Gasteiger charge is -2.15. The van der Waals surface area contributed by atoms with Crippen LogP contribution in [0.25, 0.3) is 0 Å². The van der Waals surface area contributed by atoms with Crippen LogP contribution in [0, 0.1) is 0 Å². The number of fused-ring (bicyclic) bond motifs is 1. The van der Waals surface area contributed by atoms with Gasteiger partial charge in [0.2, 0.25) is 6.79 Å². The number of ether oxygens (including phenoxy) is 4. The third-order valence-corrected chi connectivity index (χ3v) is 4.18. The van der Waals surface area contributed by atoms with E-state index < -0.39 is 12.5 Å². The lowest BCUT2D eigenvalue weighted by Crippen LogP contribution is -2.36. The fourth-order valence-electron chi connectivity index (χ4n) is 2.79. The molecule has 0 aliphatic carbocycles. The Morgan fingerprint density at radius 1 is 1.19 bits per heavy atom. The Morgan fingerprint density at radius 3 is 2.65 bits per heavy atom. The molecule has 0 bridgehead atoms. The molecule has 11 heteroatoms. The number of carbonyl (C=O) groups is 1. The third-order valence-electron chi connectivity index (χ3n) is 4.18. The second-order valence-corrected chi connectivity index (χ2v) is 6.37. The largest absolute Gasteiger partial charge is 0.484 e. The molecule has 0 radical (unpaired) electrons. The van der Waals surface area contributed by atoms with Gasteiger partial charge in [-0.3, -0.25) is 9.79 Å². The van der Waals surface area contributed by atoms with Crippen LogP contribution in [0.2, 0.25) is 0 Å². The Kier molecular flexibility index (Phi) is 7.31. The highest BCUT2D eigenvalue weighted by molar-refractivity contribution is 5.79. The summed E-state index contributed by atoms with van der Waals surface area (Å²) >= 11 is 0. The van der Waals surface area contributed by atoms with E-state index >= 15 is 0 Å². The zero-order valence-electron chi connectivity index (χ0n) is 16.7. The Bertz CT molecular complexity index is 955. The third kappa shape index (κ3) is 6.36. The number of guanidine groups is 1. The molecule has 31 heavy (non-hydrogen) atoms. The molecule has 0 saturated carbocycles. The zero-order chi connectivity index (χ0) is 22.2. The van der Waals surface area contributed by atoms with Crippen LogP contribution in [0.1, 0.15) is 11.1 Å². The summed E-state index contributed by atoms with van der Waals surface area (Å²) in [4.78, 5) is 15.0. The average molecular weight is 436 g/mol. The highest BCUT2D eigenvalue weighted by Crippen LogP contribution is 2.38. The molecule has 1 heterocycles. The van der Waals surface area contributed by atoms with Crippen molar-refractivity contribution in [3.63, 3.8) is 0 Å². The molecule has 0 aromatic heterocycles. The van der Waals surface area contributed by atoms with E-state index in [-0.39, 0.29) is 25.7 Å². The minimum absolute atomic E-state index is 0.0125. The number of primary amides is 1. The second kappa shape index (κ2) is 10.3. The molecule has 9 nitrogen and oxygen atoms in total. The van der Waals surface area contributed by atoms with Crippen LogP contribution < -0.4 is 35.3 Å². The summed E-state index contributed by atoms with van der Waals surface area (Å²) in [7, 11) is 1.58. The summed E-state index contributed by atoms with van der Waals surface area (Å²) in [5.74, 6) is 1.17. The maximum absolute atomic E-state index is 12.8. The quantitative estimate of drug-likeness (QED) is 0.405. The second-order valence-electron chi connectivity index (χ2n) is 6.37. The number of aliphatic imine (C=N–C) groups is 1. The van der Waals surface area contributed by atoms with E-state index in [2.05, 4.69) is 20.4 Å². The van der Waals surface area contributed by atoms with E-state index in [9.17, 15) is 13.6 Å². The molecule has 2 aromatic rings. The van der Waals surface area contributed by atoms with Crippen LogP contribution >= 0.6 is 0 Å². The van der Waals surface area contributed by atoms with Crippen molar-refractivity contribution in [2.45, 2.75) is 19.7 Å². The van der Waals surface area contributed by atoms with Crippen molar-refractivity contribution in [1.82, 2.24) is 10.6 Å². The number of benzene rings is 2. The first-order valence-corrected chi connectivity index (χ1v) is 9.26. The molecular formula is C20H22F2N4O5. The maximum Gasteiger partial charge on any atom is 0.387 e. The molecule has 1 amide bonds. The van der Waals surface area contributed by atoms with Gasteiger partial charge in [-0.25, -0.2) is 0 Å². The van der Waals surface area contributed by atoms with E-state index in [1.54, 1.807) is 31.3 Å². The fraction of sp³-hybridized carbons (Fsp3) is 0.300. The van der Waals surface area contributed by atoms with E-state index in [4.69, 9.17) is 19.9 Å². The van der Waals surface area contributed by atoms with Gasteiger partial charge in [-0.05, 0) is 23.8 Å². The van der Waals surface area contributed by atoms with Gasteiger partial charge in [0.05, 0.1) is 0 Å². The number of nitrogens with one attached hydrogen (secondary N) is 2. The Labute approximate surface area is 177 Å². The van der Waals surface area contributed by atoms with E-state index in [0.29, 0.717) is 35.3 Å². The number of nitrogens with two attached hydrogens (primary N) is 1. The Hall–Kier alpha value is -3.76. The van der Waals surface area contributed by atoms with Gasteiger partial charge < -0.3 is 35.3 Å². The van der Waals surface area contributed by atoms with Crippen molar-refractivity contribution < 1.29 is 32.5 Å². The lowest BCUT2D eigenvalue weighted by atomic mass is 10.1. The molecule has 0 atom stereocenters. The average Bonchev–Trinajstić information content (AvgIpc) is 3.19. The summed E-state index contributed by atoms with van der Waals surface area (Å²) in [6, 6.07) is 10.1. The summed E-state index contributed by atoms with van der Waals surface area (Å²) in [6.07, 6.45) is 0. The molecule has 0 saturated heterocycles. The summed E-state index contributed by atoms with van der Waals surface area (Å²) < 4.78 is 45.9. The number of amides is 1. The number of hydrogen-bond donors (Lipinski definition) is 3. The van der Waals surface area contributed by atoms with Crippen LogP contribution in [-0.4, -0.2) is 38.9 Å². The van der Waals surface area contributed by atoms with Gasteiger partial charge in [0.1, 0.15) is 11.5 Å². The minimum Gasteiger partial charge on any atom is -0.484 e. The number of hydrogen-bond acceptors (Lipinski definition) is 6. The van der Waals surface area contributed by atoms with Crippen LogP contribution in [0.5, 0.6) is 23.0 Å². The predicted octanol–water partition coefficient (Wildman–Crippen LogP) is 1.75. The summed E-state index contributed by atoms with van der Waals surface area (Å²) in [6.45, 7) is -2.61. The van der Waals surface area contributed by atoms with Gasteiger partial charge >= 0.3 is 6.61 Å². The molecule has 0 fully saturated rings. The number of alkyl halides is 2. The van der Waals surface area contributed by atoms with E-state index in [1.807, 2.05) is 6.07 Å². The Morgan fingerprint density at radius 2 is 1.94 bits per heavy atom. The summed E-state index contributed by atoms with van der Waals surface area (Å²) in [5, 5.41) is 6.15. The van der Waals surface area contributed by atoms with Crippen LogP contribution in [0.3, 0.4) is 0 Å². The van der Waals surface area contributed by atoms with E-state index in [0.717, 1.165) is 5.56 Å². The van der Waals surface area contributed by atoms with Gasteiger partial charge in [-0.2, -0.15) is 8.78 Å². The van der Waals surface area contributed by atoms with Gasteiger partial charge in [0.25, 0.3) is 5.91 Å². The van der Waals surface area contributed by atoms with Gasteiger partial charge in [0, 0.05) is 31.8 Å². The smallest absolute Gasteiger partial charge is 0.387 e. The predicted molar refractivity (Wildman–Crippen MR) is 107 cm³/mol. The SMILES string of the molecule is CN=C(NCc1cccc(OCC(N)=O)c1)NCc1cc2c(cc1OC(F)F)OCO2. The monoisotopic (exact) mass is 436 g/mol. The lowest BCUT2D eigenvalue weighted by molar-refractivity contribution is -0.119. The van der Waals surface area contributed by atoms with Crippen LogP contribution in [0.4, 0.5) is 8.78 Å². The van der Waals surface area contributed by atoms with Crippen molar-refractivity contribution >= 4 is 11.9 Å². The number of carbonyl (C=O) groups excluding carboxylic acids is 1. The molecule has 0 spiro atoms. The van der Waals surface area contributed by atoms with Crippen molar-refractivity contribution in [2.75, 3.05) is 20.4 Å². The van der Waals surface area contributed by atoms with Gasteiger partial charge in [-0.15, -0.1) is 0 Å². The highest BCUT2D eigenvalue weighted by Gasteiger charge is 2.20. The molecule has 1 aliphatic heterocycles. The first-order valence-electron chi connectivity index (χ1n) is 9.26. The van der Waals surface area contributed by atoms with Crippen molar-refractivity contribution in [1.29, 1.82) is 0 Å². The molecular weight excluding hydrogens is 414 g/mol. The molecule has 0 unspecified atom stereocenters. The van der Waals surface area contributed by atoms with Gasteiger partial charge in [0.15, 0.2) is 24.1 Å². The van der Waals surface area contributed by atoms with Crippen LogP contribution in [0.15, 0.2) is 41.4 Å². The first kappa shape index (κ1) is 21.9. The zero-order valence-corrected chi connectivity index (χ0v) is 16.7. The van der Waals surface area contributed by atoms with Crippen molar-refractivity contribution in [2.24, 2.45) is 10.7 Å². The van der Waals surface area contributed by atoms with Crippen molar-refractivity contribution in [3.05, 3.63) is 47.5 Å². The molecule has 3 rings (SSSR count). The molecule has 1 aliphatic rings. The fourth-order valence-corrected chi connectivity index (χ4v) is 2.79. The van der Waals surface area contributed by atoms with E-state index in [1.165, 1.54) is 6.07 Å². The maximum atomic E-state index is 12.8. The number of nitrogens with zero attached hydrogens (tertiary/aromatic N) is 1. The van der Waals surface area contributed by atoms with Crippen LogP contribution in [-0.2, 0) is 17.9 Å². The highest BCUT2D eigenvalue weighted by atomic mass is 19.3. The number of rotatable bonds is 9. The number of halogens is 2. The Balaban J connectivity index is 1.60. The van der Waals surface area contributed by atoms with Gasteiger partial charge in [-0.1, -0.05) is 12.1 Å². The summed E-state index contributed by atoms with van der Waals surface area (Å²) in [5.41, 5.74) is 6.40. The molecule has 166 valence electrons. The molecule has 4 N–H and O–H groups in total. The normalized spacial score (nSPS) is 12.6. The standard InChI is InChI=1S/C20H22F2N4O5/c1-24-20(25-8-12-3-2-4-14(5-12)28-10-18(23)27)26-9-13-6-16-17(30-11-29-16)7-15(13)31-19(21)22/h2-7,19H,8-11H2,1H3,(H2,23,27)(H2,24,25,26). The topological polar surface area (TPSA) is 116 Å². The van der Waals surface area contributed by atoms with Crippen molar-refractivity contribution in [3.8, 4) is 23.0 Å². The first-order chi connectivity index (χ1) is 14.9. The molecule has 2 aromatic carbocycles. The minimum atomic E-state index is -2.97.